The maximum atomic E-state index is 12.9. The molecule has 5 nitrogen and oxygen atoms in total. The second-order valence-corrected chi connectivity index (χ2v) is 7.72. The second kappa shape index (κ2) is 8.98. The third-order valence-corrected chi connectivity index (χ3v) is 5.19. The Balaban J connectivity index is 1.29. The van der Waals surface area contributed by atoms with Gasteiger partial charge < -0.3 is 4.74 Å². The van der Waals surface area contributed by atoms with Gasteiger partial charge in [-0.05, 0) is 43.4 Å². The van der Waals surface area contributed by atoms with E-state index in [1.54, 1.807) is 23.5 Å². The van der Waals surface area contributed by atoms with Crippen molar-refractivity contribution in [3.63, 3.8) is 0 Å². The van der Waals surface area contributed by atoms with Gasteiger partial charge in [0.25, 0.3) is 0 Å². The number of nitrogens with zero attached hydrogens (tertiary/aromatic N) is 4. The first-order valence-electron chi connectivity index (χ1n) is 9.25. The molecule has 0 amide bonds. The molecule has 0 saturated carbocycles. The van der Waals surface area contributed by atoms with Crippen LogP contribution in [0.3, 0.4) is 0 Å². The van der Waals surface area contributed by atoms with Crippen molar-refractivity contribution < 1.29 is 9.13 Å². The Morgan fingerprint density at radius 3 is 2.66 bits per heavy atom. The molecule has 7 heteroatoms. The number of halogens is 1. The quantitative estimate of drug-likeness (QED) is 0.425. The van der Waals surface area contributed by atoms with E-state index in [9.17, 15) is 4.39 Å². The predicted molar refractivity (Wildman–Crippen MR) is 112 cm³/mol. The number of rotatable bonds is 8. The van der Waals surface area contributed by atoms with E-state index in [1.165, 1.54) is 12.1 Å². The molecule has 29 heavy (non-hydrogen) atoms. The molecule has 0 spiro atoms. The largest absolute Gasteiger partial charge is 0.486 e. The van der Waals surface area contributed by atoms with Gasteiger partial charge in [0.15, 0.2) is 0 Å². The number of hydrogen-bond acceptors (Lipinski definition) is 5. The molecule has 4 rings (SSSR count). The van der Waals surface area contributed by atoms with Gasteiger partial charge in [-0.3, -0.25) is 4.90 Å². The Labute approximate surface area is 173 Å². The summed E-state index contributed by atoms with van der Waals surface area (Å²) in [6, 6.07) is 16.1. The summed E-state index contributed by atoms with van der Waals surface area (Å²) in [5, 5.41) is 7.39. The first-order valence-corrected chi connectivity index (χ1v) is 10.1. The fourth-order valence-corrected chi connectivity index (χ4v) is 3.67. The molecule has 0 radical (unpaired) electrons. The fourth-order valence-electron chi connectivity index (χ4n) is 2.97. The van der Waals surface area contributed by atoms with Crippen molar-refractivity contribution in [2.45, 2.75) is 19.7 Å². The van der Waals surface area contributed by atoms with E-state index >= 15 is 0 Å². The molecule has 4 aromatic rings. The summed E-state index contributed by atoms with van der Waals surface area (Å²) in [4.78, 5) is 6.83. The van der Waals surface area contributed by atoms with Crippen LogP contribution in [0.4, 0.5) is 4.39 Å². The SMILES string of the molecule is CN(Cc1cnn(-c2ccccc2)c1)Cc1csc(COc2ccc(F)cc2)n1. The van der Waals surface area contributed by atoms with Gasteiger partial charge in [-0.25, -0.2) is 14.1 Å². The van der Waals surface area contributed by atoms with E-state index < -0.39 is 0 Å². The van der Waals surface area contributed by atoms with Gasteiger partial charge in [0.1, 0.15) is 23.2 Å². The van der Waals surface area contributed by atoms with Crippen molar-refractivity contribution in [3.05, 3.63) is 94.5 Å². The highest BCUT2D eigenvalue weighted by Crippen LogP contribution is 2.17. The van der Waals surface area contributed by atoms with E-state index in [0.717, 1.165) is 35.0 Å². The van der Waals surface area contributed by atoms with Crippen LogP contribution in [-0.2, 0) is 19.7 Å². The Kier molecular flexibility index (Phi) is 5.97. The molecule has 0 aliphatic carbocycles. The van der Waals surface area contributed by atoms with E-state index in [1.807, 2.05) is 46.6 Å². The van der Waals surface area contributed by atoms with Crippen LogP contribution in [0.2, 0.25) is 0 Å². The van der Waals surface area contributed by atoms with Crippen molar-refractivity contribution in [2.24, 2.45) is 0 Å². The van der Waals surface area contributed by atoms with E-state index in [-0.39, 0.29) is 5.82 Å². The van der Waals surface area contributed by atoms with E-state index in [2.05, 4.69) is 28.2 Å². The topological polar surface area (TPSA) is 43.2 Å². The number of ether oxygens (including phenoxy) is 1. The third-order valence-electron chi connectivity index (χ3n) is 4.32. The maximum absolute atomic E-state index is 12.9. The fraction of sp³-hybridized carbons (Fsp3) is 0.182. The highest BCUT2D eigenvalue weighted by Gasteiger charge is 2.09. The summed E-state index contributed by atoms with van der Waals surface area (Å²) >= 11 is 1.57. The number of para-hydroxylation sites is 1. The summed E-state index contributed by atoms with van der Waals surface area (Å²) in [5.74, 6) is 0.363. The van der Waals surface area contributed by atoms with Crippen molar-refractivity contribution in [2.75, 3.05) is 7.05 Å². The van der Waals surface area contributed by atoms with Crippen molar-refractivity contribution in [1.29, 1.82) is 0 Å². The lowest BCUT2D eigenvalue weighted by molar-refractivity contribution is 0.300. The second-order valence-electron chi connectivity index (χ2n) is 6.78. The molecule has 2 aromatic carbocycles. The Morgan fingerprint density at radius 2 is 1.86 bits per heavy atom. The zero-order chi connectivity index (χ0) is 20.1. The van der Waals surface area contributed by atoms with Crippen LogP contribution >= 0.6 is 11.3 Å². The van der Waals surface area contributed by atoms with Crippen LogP contribution in [0.1, 0.15) is 16.3 Å². The number of hydrogen-bond donors (Lipinski definition) is 0. The Morgan fingerprint density at radius 1 is 1.07 bits per heavy atom. The molecule has 0 bridgehead atoms. The van der Waals surface area contributed by atoms with Gasteiger partial charge in [0.2, 0.25) is 0 Å². The third kappa shape index (κ3) is 5.28. The summed E-state index contributed by atoms with van der Waals surface area (Å²) in [6.07, 6.45) is 3.95. The molecule has 0 unspecified atom stereocenters. The molecule has 0 fully saturated rings. The average Bonchev–Trinajstić information content (AvgIpc) is 3.38. The van der Waals surface area contributed by atoms with Gasteiger partial charge >= 0.3 is 0 Å². The highest BCUT2D eigenvalue weighted by atomic mass is 32.1. The normalized spacial score (nSPS) is 11.1. The van der Waals surface area contributed by atoms with Gasteiger partial charge in [-0.15, -0.1) is 11.3 Å². The summed E-state index contributed by atoms with van der Waals surface area (Å²) in [6.45, 7) is 1.90. The van der Waals surface area contributed by atoms with Crippen LogP contribution < -0.4 is 4.74 Å². The lowest BCUT2D eigenvalue weighted by Gasteiger charge is -2.13. The molecule has 0 aliphatic heterocycles. The molecule has 0 N–H and O–H groups in total. The minimum Gasteiger partial charge on any atom is -0.486 e. The molecule has 148 valence electrons. The Bertz CT molecular complexity index is 1050. The van der Waals surface area contributed by atoms with Gasteiger partial charge in [0.05, 0.1) is 17.6 Å². The first-order chi connectivity index (χ1) is 14.2. The first kappa shape index (κ1) is 19.3. The van der Waals surface area contributed by atoms with Crippen LogP contribution in [0, 0.1) is 5.82 Å². The molecule has 0 aliphatic rings. The van der Waals surface area contributed by atoms with Gasteiger partial charge in [-0.1, -0.05) is 18.2 Å². The Hall–Kier alpha value is -3.03. The standard InChI is InChI=1S/C22H21FN4OS/c1-26(12-17-11-24-27(13-17)20-5-3-2-4-6-20)14-19-16-29-22(25-19)15-28-21-9-7-18(23)8-10-21/h2-11,13,16H,12,14-15H2,1H3. The molecular weight excluding hydrogens is 387 g/mol. The number of aromatic nitrogens is 3. The molecule has 0 atom stereocenters. The summed E-state index contributed by atoms with van der Waals surface area (Å²) < 4.78 is 20.5. The molecule has 2 aromatic heterocycles. The molecular formula is C22H21FN4OS. The number of benzene rings is 2. The van der Waals surface area contributed by atoms with Crippen molar-refractivity contribution >= 4 is 11.3 Å². The van der Waals surface area contributed by atoms with Crippen molar-refractivity contribution in [1.82, 2.24) is 19.7 Å². The maximum Gasteiger partial charge on any atom is 0.140 e. The van der Waals surface area contributed by atoms with Crippen molar-refractivity contribution in [3.8, 4) is 11.4 Å². The summed E-state index contributed by atoms with van der Waals surface area (Å²) in [7, 11) is 2.06. The van der Waals surface area contributed by atoms with Crippen LogP contribution in [0.25, 0.3) is 5.69 Å². The smallest absolute Gasteiger partial charge is 0.140 e. The van der Waals surface area contributed by atoms with Crippen LogP contribution in [-0.4, -0.2) is 26.7 Å². The zero-order valence-electron chi connectivity index (χ0n) is 16.0. The molecule has 2 heterocycles. The minimum absolute atomic E-state index is 0.272. The summed E-state index contributed by atoms with van der Waals surface area (Å²) in [5.41, 5.74) is 3.20. The van der Waals surface area contributed by atoms with E-state index in [4.69, 9.17) is 4.74 Å². The van der Waals surface area contributed by atoms with Crippen LogP contribution in [0.5, 0.6) is 5.75 Å². The molecule has 0 saturated heterocycles. The monoisotopic (exact) mass is 408 g/mol. The van der Waals surface area contributed by atoms with Gasteiger partial charge in [0, 0.05) is 30.2 Å². The minimum atomic E-state index is -0.272. The van der Waals surface area contributed by atoms with E-state index in [0.29, 0.717) is 12.4 Å². The predicted octanol–water partition coefficient (Wildman–Crippen LogP) is 4.68. The van der Waals surface area contributed by atoms with Crippen LogP contribution in [0.15, 0.2) is 72.4 Å². The average molecular weight is 409 g/mol. The lowest BCUT2D eigenvalue weighted by atomic mass is 10.3. The zero-order valence-corrected chi connectivity index (χ0v) is 16.8. The lowest BCUT2D eigenvalue weighted by Crippen LogP contribution is -2.17. The highest BCUT2D eigenvalue weighted by molar-refractivity contribution is 7.09. The number of thiazole rings is 1. The van der Waals surface area contributed by atoms with Gasteiger partial charge in [-0.2, -0.15) is 5.10 Å².